The minimum absolute atomic E-state index is 0.0360. The molecular formula is C23H23Cl2F2N3O2. The molecule has 2 aromatic heterocycles. The van der Waals surface area contributed by atoms with Crippen molar-refractivity contribution in [2.75, 3.05) is 26.3 Å². The predicted molar refractivity (Wildman–Crippen MR) is 121 cm³/mol. The standard InChI is InChI=1S/C23H23Cl2F2N3O2/c1-13-8-14(23(2,26)27)9-19-16(13)10-15(29(19)3)11-17-20(24)18(12-28-21(17)25)22(31)30-4-6-32-7-5-30/h8-10,12H,4-7,11H2,1-3H3. The van der Waals surface area contributed by atoms with Gasteiger partial charge in [-0.25, -0.2) is 13.8 Å². The van der Waals surface area contributed by atoms with Gasteiger partial charge in [0.15, 0.2) is 0 Å². The lowest BCUT2D eigenvalue weighted by Crippen LogP contribution is -2.40. The average Bonchev–Trinajstić information content (AvgIpc) is 3.07. The molecular weight excluding hydrogens is 459 g/mol. The number of nitrogens with zero attached hydrogens (tertiary/aromatic N) is 3. The number of halogens is 4. The number of hydrogen-bond acceptors (Lipinski definition) is 3. The van der Waals surface area contributed by atoms with Crippen molar-refractivity contribution in [2.24, 2.45) is 7.05 Å². The Morgan fingerprint density at radius 1 is 1.22 bits per heavy atom. The lowest BCUT2D eigenvalue weighted by molar-refractivity contribution is 0.0175. The molecule has 9 heteroatoms. The van der Waals surface area contributed by atoms with Crippen LogP contribution in [0.5, 0.6) is 0 Å². The summed E-state index contributed by atoms with van der Waals surface area (Å²) >= 11 is 13.0. The maximum atomic E-state index is 13.9. The summed E-state index contributed by atoms with van der Waals surface area (Å²) in [6.07, 6.45) is 1.70. The first-order valence-corrected chi connectivity index (χ1v) is 11.0. The van der Waals surface area contributed by atoms with Crippen LogP contribution in [0.25, 0.3) is 10.9 Å². The summed E-state index contributed by atoms with van der Waals surface area (Å²) in [5, 5.41) is 1.33. The van der Waals surface area contributed by atoms with Crippen LogP contribution in [0.2, 0.25) is 10.2 Å². The fourth-order valence-corrected chi connectivity index (χ4v) is 4.56. The van der Waals surface area contributed by atoms with Crippen molar-refractivity contribution in [1.82, 2.24) is 14.5 Å². The van der Waals surface area contributed by atoms with Gasteiger partial charge in [-0.2, -0.15) is 0 Å². The largest absolute Gasteiger partial charge is 0.378 e. The van der Waals surface area contributed by atoms with Crippen LogP contribution in [0.4, 0.5) is 8.78 Å². The lowest BCUT2D eigenvalue weighted by Gasteiger charge is -2.27. The summed E-state index contributed by atoms with van der Waals surface area (Å²) in [7, 11) is 1.81. The van der Waals surface area contributed by atoms with Crippen LogP contribution in [0, 0.1) is 6.92 Å². The van der Waals surface area contributed by atoms with Crippen LogP contribution in [0.3, 0.4) is 0 Å². The first-order valence-electron chi connectivity index (χ1n) is 10.2. The van der Waals surface area contributed by atoms with Gasteiger partial charge in [0.2, 0.25) is 0 Å². The highest BCUT2D eigenvalue weighted by atomic mass is 35.5. The highest BCUT2D eigenvalue weighted by molar-refractivity contribution is 6.37. The quantitative estimate of drug-likeness (QED) is 0.471. The molecule has 5 nitrogen and oxygen atoms in total. The Labute approximate surface area is 194 Å². The molecule has 32 heavy (non-hydrogen) atoms. The second-order valence-corrected chi connectivity index (χ2v) is 8.88. The first-order chi connectivity index (χ1) is 15.1. The third-order valence-electron chi connectivity index (χ3n) is 5.92. The van der Waals surface area contributed by atoms with Gasteiger partial charge < -0.3 is 14.2 Å². The van der Waals surface area contributed by atoms with Gasteiger partial charge in [0.05, 0.1) is 23.8 Å². The number of pyridine rings is 1. The molecule has 1 saturated heterocycles. The van der Waals surface area contributed by atoms with Gasteiger partial charge in [-0.1, -0.05) is 23.2 Å². The van der Waals surface area contributed by atoms with Crippen LogP contribution in [-0.2, 0) is 24.1 Å². The minimum atomic E-state index is -2.94. The average molecular weight is 482 g/mol. The van der Waals surface area contributed by atoms with E-state index in [-0.39, 0.29) is 27.2 Å². The number of aryl methyl sites for hydroxylation is 2. The molecule has 0 N–H and O–H groups in total. The van der Waals surface area contributed by atoms with E-state index in [1.54, 1.807) is 4.90 Å². The van der Waals surface area contributed by atoms with Crippen LogP contribution in [0.15, 0.2) is 24.4 Å². The molecule has 1 fully saturated rings. The van der Waals surface area contributed by atoms with Crippen molar-refractivity contribution in [3.8, 4) is 0 Å². The lowest BCUT2D eigenvalue weighted by atomic mass is 10.0. The molecule has 3 aromatic rings. The number of carbonyl (C=O) groups is 1. The number of ether oxygens (including phenoxy) is 1. The van der Waals surface area contributed by atoms with Gasteiger partial charge in [0, 0.05) is 67.4 Å². The molecule has 1 amide bonds. The van der Waals surface area contributed by atoms with Gasteiger partial charge in [-0.15, -0.1) is 0 Å². The van der Waals surface area contributed by atoms with Crippen LogP contribution < -0.4 is 0 Å². The van der Waals surface area contributed by atoms with Crippen molar-refractivity contribution in [2.45, 2.75) is 26.2 Å². The summed E-state index contributed by atoms with van der Waals surface area (Å²) < 4.78 is 35.0. The third-order valence-corrected chi connectivity index (χ3v) is 6.68. The Kier molecular flexibility index (Phi) is 6.18. The monoisotopic (exact) mass is 481 g/mol. The maximum Gasteiger partial charge on any atom is 0.270 e. The molecule has 0 saturated carbocycles. The van der Waals surface area contributed by atoms with E-state index >= 15 is 0 Å². The molecule has 0 atom stereocenters. The number of benzene rings is 1. The number of carbonyl (C=O) groups excluding carboxylic acids is 1. The number of rotatable bonds is 4. The van der Waals surface area contributed by atoms with Crippen molar-refractivity contribution in [3.05, 3.63) is 62.5 Å². The van der Waals surface area contributed by atoms with E-state index in [0.29, 0.717) is 43.8 Å². The van der Waals surface area contributed by atoms with E-state index in [9.17, 15) is 13.6 Å². The molecule has 1 aliphatic heterocycles. The third kappa shape index (κ3) is 4.21. The number of fused-ring (bicyclic) bond motifs is 1. The van der Waals surface area contributed by atoms with Crippen LogP contribution in [-0.4, -0.2) is 46.7 Å². The van der Waals surface area contributed by atoms with Crippen LogP contribution in [0.1, 0.15) is 39.7 Å². The van der Waals surface area contributed by atoms with Gasteiger partial charge in [0.1, 0.15) is 5.15 Å². The highest BCUT2D eigenvalue weighted by Gasteiger charge is 2.27. The molecule has 1 aromatic carbocycles. The predicted octanol–water partition coefficient (Wildman–Crippen LogP) is 5.36. The van der Waals surface area contributed by atoms with Crippen molar-refractivity contribution in [3.63, 3.8) is 0 Å². The number of morpholine rings is 1. The van der Waals surface area contributed by atoms with E-state index in [2.05, 4.69) is 4.98 Å². The van der Waals surface area contributed by atoms with Gasteiger partial charge in [0.25, 0.3) is 11.8 Å². The molecule has 0 bridgehead atoms. The number of aromatic nitrogens is 2. The van der Waals surface area contributed by atoms with E-state index in [1.807, 2.05) is 24.6 Å². The molecule has 0 radical (unpaired) electrons. The van der Waals surface area contributed by atoms with Gasteiger partial charge >= 0.3 is 0 Å². The van der Waals surface area contributed by atoms with E-state index < -0.39 is 5.92 Å². The minimum Gasteiger partial charge on any atom is -0.378 e. The Bertz CT molecular complexity index is 1200. The van der Waals surface area contributed by atoms with E-state index in [4.69, 9.17) is 27.9 Å². The molecule has 0 aliphatic carbocycles. The maximum absolute atomic E-state index is 13.9. The molecule has 4 rings (SSSR count). The Morgan fingerprint density at radius 2 is 1.91 bits per heavy atom. The fourth-order valence-electron chi connectivity index (χ4n) is 4.01. The van der Waals surface area contributed by atoms with Crippen LogP contribution >= 0.6 is 23.2 Å². The second-order valence-electron chi connectivity index (χ2n) is 8.15. The summed E-state index contributed by atoms with van der Waals surface area (Å²) in [5.41, 5.74) is 3.05. The Hall–Kier alpha value is -2.22. The normalized spacial score (nSPS) is 14.9. The molecule has 0 unspecified atom stereocenters. The SMILES string of the molecule is Cc1cc(C(C)(F)F)cc2c1cc(Cc1c(Cl)ncc(C(=O)N3CCOCC3)c1Cl)n2C. The molecule has 170 valence electrons. The zero-order valence-electron chi connectivity index (χ0n) is 18.0. The Balaban J connectivity index is 1.73. The van der Waals surface area contributed by atoms with Crippen molar-refractivity contribution in [1.29, 1.82) is 0 Å². The second kappa shape index (κ2) is 8.61. The summed E-state index contributed by atoms with van der Waals surface area (Å²) in [4.78, 5) is 18.8. The number of amides is 1. The topological polar surface area (TPSA) is 47.4 Å². The van der Waals surface area contributed by atoms with Gasteiger partial charge in [-0.3, -0.25) is 4.79 Å². The molecule has 3 heterocycles. The Morgan fingerprint density at radius 3 is 2.56 bits per heavy atom. The summed E-state index contributed by atoms with van der Waals surface area (Å²) in [6, 6.07) is 4.95. The first kappa shape index (κ1) is 23.0. The van der Waals surface area contributed by atoms with E-state index in [0.717, 1.165) is 23.6 Å². The zero-order valence-corrected chi connectivity index (χ0v) is 19.5. The van der Waals surface area contributed by atoms with Crippen molar-refractivity contribution < 1.29 is 18.3 Å². The zero-order chi connectivity index (χ0) is 23.2. The van der Waals surface area contributed by atoms with E-state index in [1.165, 1.54) is 18.3 Å². The summed E-state index contributed by atoms with van der Waals surface area (Å²) in [5.74, 6) is -3.15. The molecule has 1 aliphatic rings. The summed E-state index contributed by atoms with van der Waals surface area (Å²) in [6.45, 7) is 4.63. The fraction of sp³-hybridized carbons (Fsp3) is 0.391. The molecule has 0 spiro atoms. The number of hydrogen-bond donors (Lipinski definition) is 0. The number of alkyl halides is 2. The smallest absolute Gasteiger partial charge is 0.270 e. The highest BCUT2D eigenvalue weighted by Crippen LogP contribution is 2.35. The van der Waals surface area contributed by atoms with Gasteiger partial charge in [-0.05, 0) is 30.7 Å². The van der Waals surface area contributed by atoms with Crippen molar-refractivity contribution >= 4 is 40.0 Å².